The molecule has 3 nitrogen and oxygen atoms in total. The molecule has 0 aliphatic rings. The topological polar surface area (TPSA) is 32.7 Å². The molecule has 0 heterocycles. The Kier molecular flexibility index (Phi) is 5.59. The standard InChI is InChI=1S/C13H20ClNO2/c1-4-10(9-16)8-15(2)13-6-5-11(17-3)7-12(13)14/h5-7,10,16H,4,8-9H2,1-3H3. The number of hydrogen-bond donors (Lipinski definition) is 1. The zero-order chi connectivity index (χ0) is 12.8. The molecule has 0 fully saturated rings. The fraction of sp³-hybridized carbons (Fsp3) is 0.538. The van der Waals surface area contributed by atoms with Crippen LogP contribution in [0.1, 0.15) is 13.3 Å². The largest absolute Gasteiger partial charge is 0.497 e. The van der Waals surface area contributed by atoms with E-state index in [0.29, 0.717) is 5.02 Å². The van der Waals surface area contributed by atoms with Gasteiger partial charge in [0.25, 0.3) is 0 Å². The predicted octanol–water partition coefficient (Wildman–Crippen LogP) is 2.80. The molecule has 1 aromatic carbocycles. The number of aliphatic hydroxyl groups is 1. The Balaban J connectivity index is 2.78. The van der Waals surface area contributed by atoms with Crippen molar-refractivity contribution in [1.82, 2.24) is 0 Å². The van der Waals surface area contributed by atoms with E-state index in [4.69, 9.17) is 16.3 Å². The van der Waals surface area contributed by atoms with Gasteiger partial charge in [-0.1, -0.05) is 18.5 Å². The lowest BCUT2D eigenvalue weighted by molar-refractivity contribution is 0.225. The minimum Gasteiger partial charge on any atom is -0.497 e. The van der Waals surface area contributed by atoms with Crippen molar-refractivity contribution < 1.29 is 9.84 Å². The molecule has 0 aliphatic heterocycles. The smallest absolute Gasteiger partial charge is 0.120 e. The van der Waals surface area contributed by atoms with E-state index in [2.05, 4.69) is 11.8 Å². The number of halogens is 1. The van der Waals surface area contributed by atoms with E-state index in [0.717, 1.165) is 24.4 Å². The third kappa shape index (κ3) is 3.79. The number of ether oxygens (including phenoxy) is 1. The van der Waals surface area contributed by atoms with Crippen LogP contribution in [0.3, 0.4) is 0 Å². The highest BCUT2D eigenvalue weighted by Crippen LogP contribution is 2.29. The van der Waals surface area contributed by atoms with Gasteiger partial charge in [-0.2, -0.15) is 0 Å². The van der Waals surface area contributed by atoms with Gasteiger partial charge < -0.3 is 14.7 Å². The first-order valence-electron chi connectivity index (χ1n) is 5.77. The van der Waals surface area contributed by atoms with Gasteiger partial charge in [-0.25, -0.2) is 0 Å². The maximum Gasteiger partial charge on any atom is 0.120 e. The minimum atomic E-state index is 0.203. The van der Waals surface area contributed by atoms with Crippen LogP contribution in [0.25, 0.3) is 0 Å². The van der Waals surface area contributed by atoms with Gasteiger partial charge in [0, 0.05) is 26.3 Å². The Morgan fingerprint density at radius 1 is 1.47 bits per heavy atom. The van der Waals surface area contributed by atoms with Crippen LogP contribution in [0.4, 0.5) is 5.69 Å². The molecule has 0 aromatic heterocycles. The molecule has 1 atom stereocenters. The average molecular weight is 258 g/mol. The molecule has 0 radical (unpaired) electrons. The van der Waals surface area contributed by atoms with E-state index >= 15 is 0 Å². The summed E-state index contributed by atoms with van der Waals surface area (Å²) < 4.78 is 5.11. The summed E-state index contributed by atoms with van der Waals surface area (Å²) in [7, 11) is 3.60. The fourth-order valence-electron chi connectivity index (χ4n) is 1.73. The quantitative estimate of drug-likeness (QED) is 0.851. The van der Waals surface area contributed by atoms with Crippen molar-refractivity contribution in [2.45, 2.75) is 13.3 Å². The molecule has 4 heteroatoms. The lowest BCUT2D eigenvalue weighted by Gasteiger charge is -2.25. The molecule has 17 heavy (non-hydrogen) atoms. The molecule has 0 saturated heterocycles. The van der Waals surface area contributed by atoms with Gasteiger partial charge in [0.05, 0.1) is 17.8 Å². The van der Waals surface area contributed by atoms with Crippen LogP contribution in [0.2, 0.25) is 5.02 Å². The van der Waals surface area contributed by atoms with Crippen molar-refractivity contribution in [3.05, 3.63) is 23.2 Å². The molecule has 1 aromatic rings. The van der Waals surface area contributed by atoms with Crippen molar-refractivity contribution in [3.8, 4) is 5.75 Å². The van der Waals surface area contributed by atoms with E-state index in [-0.39, 0.29) is 12.5 Å². The van der Waals surface area contributed by atoms with Crippen LogP contribution >= 0.6 is 11.6 Å². The summed E-state index contributed by atoms with van der Waals surface area (Å²) in [6, 6.07) is 5.62. The molecule has 0 bridgehead atoms. The van der Waals surface area contributed by atoms with Crippen LogP contribution in [0.5, 0.6) is 5.75 Å². The van der Waals surface area contributed by atoms with Gasteiger partial charge in [-0.05, 0) is 24.5 Å². The number of methoxy groups -OCH3 is 1. The number of nitrogens with zero attached hydrogens (tertiary/aromatic N) is 1. The van der Waals surface area contributed by atoms with E-state index in [1.165, 1.54) is 0 Å². The van der Waals surface area contributed by atoms with Gasteiger partial charge in [0.2, 0.25) is 0 Å². The summed E-state index contributed by atoms with van der Waals surface area (Å²) in [5.41, 5.74) is 0.958. The van der Waals surface area contributed by atoms with Crippen molar-refractivity contribution >= 4 is 17.3 Å². The number of rotatable bonds is 6. The second-order valence-electron chi connectivity index (χ2n) is 4.15. The van der Waals surface area contributed by atoms with E-state index in [1.54, 1.807) is 13.2 Å². The number of benzene rings is 1. The van der Waals surface area contributed by atoms with Gasteiger partial charge in [-0.15, -0.1) is 0 Å². The third-order valence-corrected chi connectivity index (χ3v) is 3.24. The average Bonchev–Trinajstić information content (AvgIpc) is 2.35. The molecule has 1 unspecified atom stereocenters. The molecule has 0 amide bonds. The minimum absolute atomic E-state index is 0.203. The molecular weight excluding hydrogens is 238 g/mol. The first-order valence-corrected chi connectivity index (χ1v) is 6.15. The molecule has 0 spiro atoms. The highest BCUT2D eigenvalue weighted by Gasteiger charge is 2.12. The van der Waals surface area contributed by atoms with Gasteiger partial charge in [-0.3, -0.25) is 0 Å². The van der Waals surface area contributed by atoms with Crippen LogP contribution < -0.4 is 9.64 Å². The Hall–Kier alpha value is -0.930. The van der Waals surface area contributed by atoms with Crippen LogP contribution in [-0.4, -0.2) is 32.4 Å². The first-order chi connectivity index (χ1) is 8.12. The molecule has 0 saturated carbocycles. The van der Waals surface area contributed by atoms with E-state index < -0.39 is 0 Å². The SMILES string of the molecule is CCC(CO)CN(C)c1ccc(OC)cc1Cl. The normalized spacial score (nSPS) is 12.3. The summed E-state index contributed by atoms with van der Waals surface area (Å²) >= 11 is 6.19. The van der Waals surface area contributed by atoms with Gasteiger partial charge >= 0.3 is 0 Å². The summed E-state index contributed by atoms with van der Waals surface area (Å²) in [5, 5.41) is 9.86. The van der Waals surface area contributed by atoms with E-state index in [9.17, 15) is 5.11 Å². The van der Waals surface area contributed by atoms with Crippen molar-refractivity contribution in [2.75, 3.05) is 32.2 Å². The highest BCUT2D eigenvalue weighted by atomic mass is 35.5. The summed E-state index contributed by atoms with van der Waals surface area (Å²) in [6.07, 6.45) is 0.953. The monoisotopic (exact) mass is 257 g/mol. The molecule has 1 N–H and O–H groups in total. The van der Waals surface area contributed by atoms with Crippen LogP contribution in [-0.2, 0) is 0 Å². The Morgan fingerprint density at radius 3 is 2.65 bits per heavy atom. The molecule has 0 aliphatic carbocycles. The Labute approximate surface area is 108 Å². The highest BCUT2D eigenvalue weighted by molar-refractivity contribution is 6.33. The number of hydrogen-bond acceptors (Lipinski definition) is 3. The zero-order valence-electron chi connectivity index (χ0n) is 10.6. The maximum atomic E-state index is 9.19. The summed E-state index contributed by atoms with van der Waals surface area (Å²) in [4.78, 5) is 2.06. The van der Waals surface area contributed by atoms with Crippen molar-refractivity contribution in [2.24, 2.45) is 5.92 Å². The summed E-state index contributed by atoms with van der Waals surface area (Å²) in [5.74, 6) is 1.03. The van der Waals surface area contributed by atoms with Crippen molar-refractivity contribution in [1.29, 1.82) is 0 Å². The summed E-state index contributed by atoms with van der Waals surface area (Å²) in [6.45, 7) is 3.07. The lowest BCUT2D eigenvalue weighted by Crippen LogP contribution is -2.27. The first kappa shape index (κ1) is 14.1. The van der Waals surface area contributed by atoms with Crippen molar-refractivity contribution in [3.63, 3.8) is 0 Å². The second-order valence-corrected chi connectivity index (χ2v) is 4.56. The maximum absolute atomic E-state index is 9.19. The lowest BCUT2D eigenvalue weighted by atomic mass is 10.1. The number of aliphatic hydroxyl groups excluding tert-OH is 1. The van der Waals surface area contributed by atoms with Crippen LogP contribution in [0.15, 0.2) is 18.2 Å². The van der Waals surface area contributed by atoms with Crippen LogP contribution in [0, 0.1) is 5.92 Å². The Bertz CT molecular complexity index is 353. The zero-order valence-corrected chi connectivity index (χ0v) is 11.4. The Morgan fingerprint density at radius 2 is 2.18 bits per heavy atom. The predicted molar refractivity (Wildman–Crippen MR) is 72.1 cm³/mol. The number of anilines is 1. The van der Waals surface area contributed by atoms with Gasteiger partial charge in [0.15, 0.2) is 0 Å². The molecule has 1 rings (SSSR count). The second kappa shape index (κ2) is 6.72. The van der Waals surface area contributed by atoms with E-state index in [1.807, 2.05) is 19.2 Å². The molecule has 96 valence electrons. The fourth-order valence-corrected chi connectivity index (χ4v) is 2.04. The van der Waals surface area contributed by atoms with Gasteiger partial charge in [0.1, 0.15) is 5.75 Å². The molecular formula is C13H20ClNO2. The third-order valence-electron chi connectivity index (χ3n) is 2.93.